The first-order chi connectivity index (χ1) is 8.70. The van der Waals surface area contributed by atoms with Gasteiger partial charge in [-0.1, -0.05) is 18.2 Å². The Balaban J connectivity index is 0.00000180. The molecule has 0 aromatic carbocycles. The molecule has 0 radical (unpaired) electrons. The van der Waals surface area contributed by atoms with Crippen LogP contribution in [0.1, 0.15) is 0 Å². The molecule has 0 aromatic rings. The van der Waals surface area contributed by atoms with E-state index in [1.807, 2.05) is 48.5 Å². The average Bonchev–Trinajstić information content (AvgIpc) is 2.39. The minimum atomic E-state index is -0.0973. The van der Waals surface area contributed by atoms with Gasteiger partial charge < -0.3 is 9.64 Å². The Morgan fingerprint density at radius 3 is 2.63 bits per heavy atom. The van der Waals surface area contributed by atoms with Crippen LogP contribution in [-0.2, 0) is 9.53 Å². The minimum Gasteiger partial charge on any atom is -0.493 e. The van der Waals surface area contributed by atoms with Crippen molar-refractivity contribution in [2.24, 2.45) is 0 Å². The van der Waals surface area contributed by atoms with Crippen molar-refractivity contribution in [1.29, 1.82) is 0 Å². The van der Waals surface area contributed by atoms with Crippen molar-refractivity contribution in [3.8, 4) is 0 Å². The number of carbonyl (C=O) groups is 1. The lowest BCUT2D eigenvalue weighted by molar-refractivity contribution is -0.114. The molecule has 1 aliphatic heterocycles. The standard InChI is InChI=1S/C15H15NO2.HI/c1-16-10-4-3-5-13(16)8-6-12-7-9-14(17)15(11-12)18-2;/h3-11H,1-2H3;1H/b12-6+,13-8+;. The maximum atomic E-state index is 11.4. The molecule has 0 N–H and O–H groups in total. The topological polar surface area (TPSA) is 29.5 Å². The zero-order valence-corrected chi connectivity index (χ0v) is 13.2. The number of methoxy groups -OCH3 is 1. The number of ketones is 1. The molecular weight excluding hydrogens is 353 g/mol. The van der Waals surface area contributed by atoms with E-state index >= 15 is 0 Å². The lowest BCUT2D eigenvalue weighted by atomic mass is 10.1. The molecule has 0 amide bonds. The molecule has 19 heavy (non-hydrogen) atoms. The fraction of sp³-hybridized carbons (Fsp3) is 0.133. The summed E-state index contributed by atoms with van der Waals surface area (Å²) in [5.74, 6) is 0.273. The molecule has 3 nitrogen and oxygen atoms in total. The molecule has 0 saturated carbocycles. The number of carbonyl (C=O) groups excluding carboxylic acids is 1. The Morgan fingerprint density at radius 2 is 1.95 bits per heavy atom. The lowest BCUT2D eigenvalue weighted by Gasteiger charge is -2.17. The first kappa shape index (κ1) is 15.5. The van der Waals surface area contributed by atoms with Gasteiger partial charge in [-0.05, 0) is 36.0 Å². The van der Waals surface area contributed by atoms with Crippen LogP contribution in [0.25, 0.3) is 0 Å². The Kier molecular flexibility index (Phi) is 5.82. The van der Waals surface area contributed by atoms with Gasteiger partial charge in [0.15, 0.2) is 5.76 Å². The van der Waals surface area contributed by atoms with E-state index in [4.69, 9.17) is 4.74 Å². The Morgan fingerprint density at radius 1 is 1.16 bits per heavy atom. The molecule has 0 saturated heterocycles. The monoisotopic (exact) mass is 369 g/mol. The third kappa shape index (κ3) is 3.96. The number of halogens is 1. The highest BCUT2D eigenvalue weighted by Gasteiger charge is 2.10. The van der Waals surface area contributed by atoms with Crippen molar-refractivity contribution in [3.63, 3.8) is 0 Å². The molecule has 0 atom stereocenters. The number of allylic oxidation sites excluding steroid dienone is 9. The van der Waals surface area contributed by atoms with Crippen molar-refractivity contribution in [1.82, 2.24) is 4.90 Å². The Labute approximate surface area is 130 Å². The zero-order valence-electron chi connectivity index (χ0n) is 10.9. The average molecular weight is 369 g/mol. The normalized spacial score (nSPS) is 21.7. The van der Waals surface area contributed by atoms with E-state index in [2.05, 4.69) is 0 Å². The van der Waals surface area contributed by atoms with Crippen molar-refractivity contribution in [3.05, 3.63) is 71.8 Å². The Hall–Kier alpha value is -1.56. The predicted octanol–water partition coefficient (Wildman–Crippen LogP) is 3.10. The number of rotatable bonds is 2. The minimum absolute atomic E-state index is 0. The SMILES string of the molecule is COC1=C/C(=C/C=C2\C=CC=CN2C)C=CC1=O.I. The van der Waals surface area contributed by atoms with Gasteiger partial charge in [-0.3, -0.25) is 4.79 Å². The molecule has 100 valence electrons. The third-order valence-electron chi connectivity index (χ3n) is 2.73. The molecule has 0 aromatic heterocycles. The number of hydrogen-bond acceptors (Lipinski definition) is 3. The second kappa shape index (κ2) is 7.13. The lowest BCUT2D eigenvalue weighted by Crippen LogP contribution is -2.09. The molecule has 0 unspecified atom stereocenters. The number of likely N-dealkylation sites (N-methyl/N-ethyl adjacent to an activating group) is 1. The van der Waals surface area contributed by atoms with Crippen molar-refractivity contribution >= 4 is 29.8 Å². The number of nitrogens with zero attached hydrogens (tertiary/aromatic N) is 1. The number of ether oxygens (including phenoxy) is 1. The van der Waals surface area contributed by atoms with Crippen LogP contribution < -0.4 is 0 Å². The van der Waals surface area contributed by atoms with E-state index < -0.39 is 0 Å². The summed E-state index contributed by atoms with van der Waals surface area (Å²) >= 11 is 0. The molecule has 0 spiro atoms. The summed E-state index contributed by atoms with van der Waals surface area (Å²) in [7, 11) is 3.49. The van der Waals surface area contributed by atoms with Crippen LogP contribution in [-0.4, -0.2) is 24.8 Å². The molecule has 0 fully saturated rings. The zero-order chi connectivity index (χ0) is 13.0. The van der Waals surface area contributed by atoms with Crippen LogP contribution in [0.15, 0.2) is 71.8 Å². The summed E-state index contributed by atoms with van der Waals surface area (Å²) in [5, 5.41) is 0. The van der Waals surface area contributed by atoms with E-state index in [9.17, 15) is 4.79 Å². The van der Waals surface area contributed by atoms with Gasteiger partial charge in [-0.25, -0.2) is 0 Å². The highest BCUT2D eigenvalue weighted by molar-refractivity contribution is 14.0. The van der Waals surface area contributed by atoms with Crippen LogP contribution in [0.2, 0.25) is 0 Å². The van der Waals surface area contributed by atoms with Gasteiger partial charge in [0.1, 0.15) is 0 Å². The van der Waals surface area contributed by atoms with Gasteiger partial charge in [-0.2, -0.15) is 0 Å². The van der Waals surface area contributed by atoms with Crippen LogP contribution in [0.4, 0.5) is 0 Å². The highest BCUT2D eigenvalue weighted by atomic mass is 127. The van der Waals surface area contributed by atoms with Gasteiger partial charge in [0.2, 0.25) is 5.78 Å². The second-order valence-corrected chi connectivity index (χ2v) is 3.98. The predicted molar refractivity (Wildman–Crippen MR) is 86.9 cm³/mol. The smallest absolute Gasteiger partial charge is 0.220 e. The number of hydrogen-bond donors (Lipinski definition) is 0. The summed E-state index contributed by atoms with van der Waals surface area (Å²) < 4.78 is 5.01. The molecule has 1 heterocycles. The third-order valence-corrected chi connectivity index (χ3v) is 2.73. The van der Waals surface area contributed by atoms with E-state index in [-0.39, 0.29) is 29.8 Å². The largest absolute Gasteiger partial charge is 0.493 e. The summed E-state index contributed by atoms with van der Waals surface area (Å²) in [5.41, 5.74) is 2.03. The van der Waals surface area contributed by atoms with Gasteiger partial charge in [0.25, 0.3) is 0 Å². The van der Waals surface area contributed by atoms with Gasteiger partial charge >= 0.3 is 0 Å². The van der Waals surface area contributed by atoms with Gasteiger partial charge in [0, 0.05) is 18.9 Å². The molecule has 4 heteroatoms. The summed E-state index contributed by atoms with van der Waals surface area (Å²) in [6.45, 7) is 0. The molecule has 0 bridgehead atoms. The van der Waals surface area contributed by atoms with Crippen molar-refractivity contribution < 1.29 is 9.53 Å². The van der Waals surface area contributed by atoms with Crippen molar-refractivity contribution in [2.45, 2.75) is 0 Å². The maximum Gasteiger partial charge on any atom is 0.220 e. The van der Waals surface area contributed by atoms with Crippen molar-refractivity contribution in [2.75, 3.05) is 14.2 Å². The highest BCUT2D eigenvalue weighted by Crippen LogP contribution is 2.15. The quantitative estimate of drug-likeness (QED) is 0.701. The molecular formula is C15H16INO2. The second-order valence-electron chi connectivity index (χ2n) is 3.98. The first-order valence-electron chi connectivity index (χ1n) is 5.68. The maximum absolute atomic E-state index is 11.4. The summed E-state index contributed by atoms with van der Waals surface area (Å²) in [6, 6.07) is 0. The molecule has 2 rings (SSSR count). The van der Waals surface area contributed by atoms with Crippen LogP contribution in [0.5, 0.6) is 0 Å². The molecule has 2 aliphatic rings. The van der Waals surface area contributed by atoms with Crippen LogP contribution in [0.3, 0.4) is 0 Å². The summed E-state index contributed by atoms with van der Waals surface area (Å²) in [6.07, 6.45) is 17.0. The van der Waals surface area contributed by atoms with E-state index in [0.717, 1.165) is 11.3 Å². The van der Waals surface area contributed by atoms with E-state index in [1.54, 1.807) is 12.2 Å². The van der Waals surface area contributed by atoms with Crippen LogP contribution in [0, 0.1) is 0 Å². The Bertz CT molecular complexity index is 536. The fourth-order valence-electron chi connectivity index (χ4n) is 1.68. The van der Waals surface area contributed by atoms with E-state index in [0.29, 0.717) is 5.76 Å². The van der Waals surface area contributed by atoms with Crippen LogP contribution >= 0.6 is 24.0 Å². The summed E-state index contributed by atoms with van der Waals surface area (Å²) in [4.78, 5) is 13.4. The van der Waals surface area contributed by atoms with Gasteiger partial charge in [0.05, 0.1) is 7.11 Å². The van der Waals surface area contributed by atoms with Gasteiger partial charge in [-0.15, -0.1) is 24.0 Å². The molecule has 1 aliphatic carbocycles. The fourth-order valence-corrected chi connectivity index (χ4v) is 1.68. The van der Waals surface area contributed by atoms with E-state index in [1.165, 1.54) is 13.2 Å². The first-order valence-corrected chi connectivity index (χ1v) is 5.68.